The number of nitrogens with two attached hydrogens (primary N) is 1. The van der Waals surface area contributed by atoms with E-state index in [4.69, 9.17) is 19.9 Å². The minimum absolute atomic E-state index is 0.0273. The van der Waals surface area contributed by atoms with Crippen molar-refractivity contribution in [3.63, 3.8) is 0 Å². The van der Waals surface area contributed by atoms with Crippen LogP contribution in [0.15, 0.2) is 30.3 Å². The van der Waals surface area contributed by atoms with Gasteiger partial charge in [0.1, 0.15) is 41.4 Å². The van der Waals surface area contributed by atoms with Crippen molar-refractivity contribution in [2.45, 2.75) is 18.2 Å². The fourth-order valence-corrected chi connectivity index (χ4v) is 3.41. The molecule has 1 aromatic carbocycles. The third-order valence-electron chi connectivity index (χ3n) is 4.77. The number of fused-ring (bicyclic) bond motifs is 2. The van der Waals surface area contributed by atoms with Crippen LogP contribution in [0, 0.1) is 0 Å². The van der Waals surface area contributed by atoms with E-state index in [0.717, 1.165) is 11.6 Å². The molecule has 1 aliphatic rings. The Labute approximate surface area is 164 Å². The second-order valence-electron chi connectivity index (χ2n) is 6.64. The summed E-state index contributed by atoms with van der Waals surface area (Å²) in [6, 6.07) is 8.25. The van der Waals surface area contributed by atoms with Gasteiger partial charge in [-0.25, -0.2) is 9.97 Å². The maximum atomic E-state index is 13.1. The van der Waals surface area contributed by atoms with Crippen molar-refractivity contribution in [1.82, 2.24) is 15.0 Å². The Morgan fingerprint density at radius 3 is 2.79 bits per heavy atom. The zero-order chi connectivity index (χ0) is 20.6. The number of aromatic amines is 1. The van der Waals surface area contributed by atoms with Gasteiger partial charge in [-0.15, -0.1) is 0 Å². The third kappa shape index (κ3) is 3.73. The molecule has 3 heterocycles. The molecule has 0 saturated heterocycles. The summed E-state index contributed by atoms with van der Waals surface area (Å²) in [4.78, 5) is 11.0. The van der Waals surface area contributed by atoms with Crippen molar-refractivity contribution in [3.8, 4) is 5.75 Å². The molecule has 4 rings (SSSR count). The van der Waals surface area contributed by atoms with E-state index in [1.807, 2.05) is 24.3 Å². The first-order chi connectivity index (χ1) is 13.9. The highest BCUT2D eigenvalue weighted by molar-refractivity contribution is 5.87. The van der Waals surface area contributed by atoms with Gasteiger partial charge in [-0.2, -0.15) is 13.2 Å². The number of aromatic nitrogens is 3. The van der Waals surface area contributed by atoms with Gasteiger partial charge in [-0.05, 0) is 12.1 Å². The lowest BCUT2D eigenvalue weighted by atomic mass is 9.89. The molecule has 154 valence electrons. The first-order valence-corrected chi connectivity index (χ1v) is 8.94. The first-order valence-electron chi connectivity index (χ1n) is 8.94. The predicted octanol–water partition coefficient (Wildman–Crippen LogP) is 3.11. The van der Waals surface area contributed by atoms with Gasteiger partial charge >= 0.3 is 6.18 Å². The zero-order valence-electron chi connectivity index (χ0n) is 15.5. The summed E-state index contributed by atoms with van der Waals surface area (Å²) in [5, 5.41) is 0.123. The molecule has 1 aliphatic heterocycles. The number of anilines is 1. The van der Waals surface area contributed by atoms with Crippen LogP contribution in [-0.4, -0.2) is 48.0 Å². The SMILES string of the molecule is COCCO[C@@H]1COc2ccccc2C1c1nc(N)c2cc(C(F)(F)F)[nH]c2n1. The number of rotatable bonds is 5. The molecule has 1 unspecified atom stereocenters. The van der Waals surface area contributed by atoms with Crippen LogP contribution in [0.4, 0.5) is 19.0 Å². The largest absolute Gasteiger partial charge is 0.491 e. The highest BCUT2D eigenvalue weighted by atomic mass is 19.4. The van der Waals surface area contributed by atoms with Crippen LogP contribution in [0.2, 0.25) is 0 Å². The van der Waals surface area contributed by atoms with Crippen LogP contribution in [0.3, 0.4) is 0 Å². The Morgan fingerprint density at radius 2 is 2.03 bits per heavy atom. The van der Waals surface area contributed by atoms with Crippen LogP contribution in [-0.2, 0) is 15.7 Å². The Balaban J connectivity index is 1.79. The first kappa shape index (κ1) is 19.5. The van der Waals surface area contributed by atoms with E-state index in [9.17, 15) is 13.2 Å². The molecule has 7 nitrogen and oxygen atoms in total. The average molecular weight is 408 g/mol. The van der Waals surface area contributed by atoms with Gasteiger partial charge in [-0.1, -0.05) is 18.2 Å². The molecule has 2 atom stereocenters. The molecule has 0 radical (unpaired) electrons. The Kier molecular flexibility index (Phi) is 5.05. The molecular formula is C19H19F3N4O3. The number of benzene rings is 1. The molecule has 0 fully saturated rings. The third-order valence-corrected chi connectivity index (χ3v) is 4.77. The van der Waals surface area contributed by atoms with Gasteiger partial charge in [0.05, 0.1) is 24.5 Å². The number of nitrogen functional groups attached to an aromatic ring is 1. The summed E-state index contributed by atoms with van der Waals surface area (Å²) in [6.45, 7) is 0.950. The van der Waals surface area contributed by atoms with E-state index < -0.39 is 23.9 Å². The average Bonchev–Trinajstić information content (AvgIpc) is 3.13. The van der Waals surface area contributed by atoms with Gasteiger partial charge in [0, 0.05) is 12.7 Å². The molecule has 0 aliphatic carbocycles. The number of hydrogen-bond donors (Lipinski definition) is 2. The van der Waals surface area contributed by atoms with Gasteiger partial charge in [0.15, 0.2) is 0 Å². The van der Waals surface area contributed by atoms with E-state index in [0.29, 0.717) is 19.0 Å². The van der Waals surface area contributed by atoms with Gasteiger partial charge in [-0.3, -0.25) is 0 Å². The summed E-state index contributed by atoms with van der Waals surface area (Å²) in [6.07, 6.45) is -4.99. The standard InChI is InChI=1S/C19H19F3N4O3/c1-27-6-7-28-13-9-29-12-5-3-2-4-10(12)15(13)18-25-16(23)11-8-14(19(20,21)22)24-17(11)26-18/h2-5,8,13,15H,6-7,9H2,1H3,(H3,23,24,25,26)/t13-,15?/m1/s1. The van der Waals surface area contributed by atoms with Crippen LogP contribution in [0.1, 0.15) is 23.0 Å². The number of H-pyrrole nitrogens is 1. The van der Waals surface area contributed by atoms with Crippen molar-refractivity contribution >= 4 is 16.9 Å². The molecule has 10 heteroatoms. The molecule has 3 aromatic rings. The van der Waals surface area contributed by atoms with E-state index in [1.165, 1.54) is 0 Å². The molecule has 0 saturated carbocycles. The maximum absolute atomic E-state index is 13.1. The van der Waals surface area contributed by atoms with Crippen molar-refractivity contribution in [2.75, 3.05) is 32.7 Å². The van der Waals surface area contributed by atoms with Crippen molar-refractivity contribution in [1.29, 1.82) is 0 Å². The quantitative estimate of drug-likeness (QED) is 0.630. The highest BCUT2D eigenvalue weighted by Gasteiger charge is 2.37. The number of nitrogens with one attached hydrogen (secondary N) is 1. The van der Waals surface area contributed by atoms with Crippen LogP contribution in [0.25, 0.3) is 11.0 Å². The van der Waals surface area contributed by atoms with Crippen molar-refractivity contribution in [2.24, 2.45) is 0 Å². The monoisotopic (exact) mass is 408 g/mol. The minimum Gasteiger partial charge on any atom is -0.491 e. The number of halogens is 3. The fraction of sp³-hybridized carbons (Fsp3) is 0.368. The van der Waals surface area contributed by atoms with E-state index in [-0.39, 0.29) is 29.3 Å². The predicted molar refractivity (Wildman–Crippen MR) is 98.7 cm³/mol. The summed E-state index contributed by atoms with van der Waals surface area (Å²) in [5.74, 6) is 0.426. The second-order valence-corrected chi connectivity index (χ2v) is 6.64. The zero-order valence-corrected chi connectivity index (χ0v) is 15.5. The summed E-state index contributed by atoms with van der Waals surface area (Å²) < 4.78 is 55.9. The Bertz CT molecular complexity index is 1020. The van der Waals surface area contributed by atoms with E-state index in [1.54, 1.807) is 7.11 Å². The van der Waals surface area contributed by atoms with Crippen LogP contribution in [0.5, 0.6) is 5.75 Å². The molecule has 29 heavy (non-hydrogen) atoms. The highest BCUT2D eigenvalue weighted by Crippen LogP contribution is 2.39. The Morgan fingerprint density at radius 1 is 1.24 bits per heavy atom. The second kappa shape index (κ2) is 7.53. The topological polar surface area (TPSA) is 95.3 Å². The lowest BCUT2D eigenvalue weighted by Crippen LogP contribution is -2.36. The number of alkyl halides is 3. The molecule has 0 bridgehead atoms. The minimum atomic E-state index is -4.54. The molecule has 3 N–H and O–H groups in total. The molecular weight excluding hydrogens is 389 g/mol. The normalized spacial score (nSPS) is 19.2. The maximum Gasteiger partial charge on any atom is 0.431 e. The van der Waals surface area contributed by atoms with Crippen LogP contribution >= 0.6 is 0 Å². The summed E-state index contributed by atoms with van der Waals surface area (Å²) >= 11 is 0. The number of methoxy groups -OCH3 is 1. The van der Waals surface area contributed by atoms with Crippen molar-refractivity contribution in [3.05, 3.63) is 47.4 Å². The van der Waals surface area contributed by atoms with E-state index >= 15 is 0 Å². The smallest absolute Gasteiger partial charge is 0.431 e. The van der Waals surface area contributed by atoms with Crippen LogP contribution < -0.4 is 10.5 Å². The summed E-state index contributed by atoms with van der Waals surface area (Å²) in [5.41, 5.74) is 5.86. The molecule has 0 spiro atoms. The Hall–Kier alpha value is -2.85. The number of nitrogens with zero attached hydrogens (tertiary/aromatic N) is 2. The van der Waals surface area contributed by atoms with Crippen molar-refractivity contribution < 1.29 is 27.4 Å². The van der Waals surface area contributed by atoms with Gasteiger partial charge < -0.3 is 24.9 Å². The van der Waals surface area contributed by atoms with Gasteiger partial charge in [0.2, 0.25) is 0 Å². The lowest BCUT2D eigenvalue weighted by molar-refractivity contribution is -0.140. The number of para-hydroxylation sites is 1. The molecule has 2 aromatic heterocycles. The van der Waals surface area contributed by atoms with E-state index in [2.05, 4.69) is 15.0 Å². The number of hydrogen-bond acceptors (Lipinski definition) is 6. The fourth-order valence-electron chi connectivity index (χ4n) is 3.41. The summed E-state index contributed by atoms with van der Waals surface area (Å²) in [7, 11) is 1.56. The number of ether oxygens (including phenoxy) is 3. The molecule has 0 amide bonds. The van der Waals surface area contributed by atoms with Gasteiger partial charge in [0.25, 0.3) is 0 Å². The lowest BCUT2D eigenvalue weighted by Gasteiger charge is -2.32.